The maximum Gasteiger partial charge on any atom is 0.401 e. The van der Waals surface area contributed by atoms with Crippen molar-refractivity contribution in [1.82, 2.24) is 9.80 Å². The second kappa shape index (κ2) is 10.0. The molecule has 1 unspecified atom stereocenters. The number of nitrogens with zero attached hydrogens (tertiary/aromatic N) is 2. The fourth-order valence-corrected chi connectivity index (χ4v) is 5.03. The number of ether oxygens (including phenoxy) is 1. The third-order valence-corrected chi connectivity index (χ3v) is 6.68. The molecule has 0 aromatic heterocycles. The molecular formula is C26H30F4N2O2. The van der Waals surface area contributed by atoms with Gasteiger partial charge in [0.1, 0.15) is 5.82 Å². The summed E-state index contributed by atoms with van der Waals surface area (Å²) in [5.74, 6) is -0.648. The van der Waals surface area contributed by atoms with Gasteiger partial charge in [0.05, 0.1) is 18.2 Å². The van der Waals surface area contributed by atoms with Gasteiger partial charge in [-0.15, -0.1) is 0 Å². The fourth-order valence-electron chi connectivity index (χ4n) is 5.03. The Balaban J connectivity index is 1.47. The number of morpholine rings is 1. The van der Waals surface area contributed by atoms with Crippen molar-refractivity contribution in [1.29, 1.82) is 0 Å². The smallest absolute Gasteiger partial charge is 0.364 e. The van der Waals surface area contributed by atoms with Gasteiger partial charge in [-0.3, -0.25) is 9.69 Å². The first kappa shape index (κ1) is 24.7. The number of carbonyl (C=O) groups excluding carboxylic acids is 1. The first-order chi connectivity index (χ1) is 16.2. The number of hydrogen-bond acceptors (Lipinski definition) is 3. The third kappa shape index (κ3) is 5.78. The molecule has 0 radical (unpaired) electrons. The molecule has 2 aliphatic heterocycles. The molecule has 2 aliphatic rings. The van der Waals surface area contributed by atoms with Crippen LogP contribution in [0, 0.1) is 5.82 Å². The summed E-state index contributed by atoms with van der Waals surface area (Å²) in [7, 11) is 0. The van der Waals surface area contributed by atoms with Crippen LogP contribution in [0.2, 0.25) is 0 Å². The number of benzene rings is 2. The molecule has 2 fully saturated rings. The topological polar surface area (TPSA) is 32.8 Å². The summed E-state index contributed by atoms with van der Waals surface area (Å²) in [6.07, 6.45) is -2.50. The minimum Gasteiger partial charge on any atom is -0.364 e. The molecule has 2 aromatic carbocycles. The molecule has 0 bridgehead atoms. The lowest BCUT2D eigenvalue weighted by Gasteiger charge is -2.50. The summed E-state index contributed by atoms with van der Waals surface area (Å²) in [6.45, 7) is 1.99. The van der Waals surface area contributed by atoms with Crippen molar-refractivity contribution in [2.75, 3.05) is 32.7 Å². The molecule has 1 spiro atoms. The normalized spacial score (nSPS) is 21.1. The molecule has 1 atom stereocenters. The first-order valence-electron chi connectivity index (χ1n) is 11.8. The average Bonchev–Trinajstić information content (AvgIpc) is 2.80. The maximum absolute atomic E-state index is 14.3. The Labute approximate surface area is 197 Å². The van der Waals surface area contributed by atoms with Crippen LogP contribution in [0.25, 0.3) is 0 Å². The molecule has 8 heteroatoms. The van der Waals surface area contributed by atoms with Crippen LogP contribution in [0.5, 0.6) is 0 Å². The van der Waals surface area contributed by atoms with E-state index in [1.54, 1.807) is 17.0 Å². The monoisotopic (exact) mass is 478 g/mol. The highest BCUT2D eigenvalue weighted by Crippen LogP contribution is 2.39. The number of halogens is 4. The lowest BCUT2D eigenvalue weighted by atomic mass is 9.87. The summed E-state index contributed by atoms with van der Waals surface area (Å²) >= 11 is 0. The van der Waals surface area contributed by atoms with Crippen LogP contribution in [-0.2, 0) is 11.2 Å². The highest BCUT2D eigenvalue weighted by Gasteiger charge is 2.46. The predicted octanol–water partition coefficient (Wildman–Crippen LogP) is 5.39. The zero-order valence-electron chi connectivity index (χ0n) is 19.3. The second-order valence-electron chi connectivity index (χ2n) is 9.33. The van der Waals surface area contributed by atoms with Crippen LogP contribution >= 0.6 is 0 Å². The van der Waals surface area contributed by atoms with Crippen molar-refractivity contribution >= 4 is 5.91 Å². The summed E-state index contributed by atoms with van der Waals surface area (Å²) in [4.78, 5) is 16.0. The molecule has 4 nitrogen and oxygen atoms in total. The number of likely N-dealkylation sites (tertiary alicyclic amines) is 1. The van der Waals surface area contributed by atoms with E-state index < -0.39 is 24.4 Å². The van der Waals surface area contributed by atoms with Gasteiger partial charge in [0.15, 0.2) is 0 Å². The maximum atomic E-state index is 14.3. The van der Waals surface area contributed by atoms with Gasteiger partial charge in [0.25, 0.3) is 5.91 Å². The van der Waals surface area contributed by atoms with Crippen molar-refractivity contribution in [3.8, 4) is 0 Å². The quantitative estimate of drug-likeness (QED) is 0.541. The molecule has 2 heterocycles. The zero-order chi connectivity index (χ0) is 24.3. The number of rotatable bonds is 5. The van der Waals surface area contributed by atoms with E-state index in [-0.39, 0.29) is 24.8 Å². The fraction of sp³-hybridized carbons (Fsp3) is 0.500. The van der Waals surface area contributed by atoms with Gasteiger partial charge in [-0.25, -0.2) is 4.39 Å². The minimum absolute atomic E-state index is 0.164. The molecule has 0 aliphatic carbocycles. The van der Waals surface area contributed by atoms with Crippen LogP contribution in [-0.4, -0.2) is 60.2 Å². The van der Waals surface area contributed by atoms with Gasteiger partial charge in [0.2, 0.25) is 0 Å². The molecule has 34 heavy (non-hydrogen) atoms. The number of alkyl halides is 3. The molecule has 0 N–H and O–H groups in total. The SMILES string of the molecule is CCCc1ccc(C(=O)N2CCC3(CC2)CN(CC(F)(F)F)CC(c2ccccc2)O3)cc1F. The molecule has 2 saturated heterocycles. The molecular weight excluding hydrogens is 448 g/mol. The van der Waals surface area contributed by atoms with E-state index >= 15 is 0 Å². The van der Waals surface area contributed by atoms with Gasteiger partial charge >= 0.3 is 6.18 Å². The molecule has 2 aromatic rings. The minimum atomic E-state index is -4.30. The molecule has 1 amide bonds. The van der Waals surface area contributed by atoms with Gasteiger partial charge in [-0.05, 0) is 42.5 Å². The predicted molar refractivity (Wildman–Crippen MR) is 121 cm³/mol. The Kier molecular flexibility index (Phi) is 7.28. The lowest BCUT2D eigenvalue weighted by Crippen LogP contribution is -2.59. The Morgan fingerprint density at radius 1 is 1.12 bits per heavy atom. The Hall–Kier alpha value is -2.45. The van der Waals surface area contributed by atoms with Crippen molar-refractivity contribution in [3.63, 3.8) is 0 Å². The third-order valence-electron chi connectivity index (χ3n) is 6.68. The van der Waals surface area contributed by atoms with Crippen LogP contribution < -0.4 is 0 Å². The van der Waals surface area contributed by atoms with E-state index in [1.165, 1.54) is 11.0 Å². The first-order valence-corrected chi connectivity index (χ1v) is 11.8. The second-order valence-corrected chi connectivity index (χ2v) is 9.33. The molecule has 4 rings (SSSR count). The summed E-state index contributed by atoms with van der Waals surface area (Å²) in [6, 6.07) is 13.9. The largest absolute Gasteiger partial charge is 0.401 e. The number of piperidine rings is 1. The summed E-state index contributed by atoms with van der Waals surface area (Å²) < 4.78 is 60.5. The number of aryl methyl sites for hydroxylation is 1. The average molecular weight is 479 g/mol. The summed E-state index contributed by atoms with van der Waals surface area (Å²) in [5, 5.41) is 0. The number of hydrogen-bond donors (Lipinski definition) is 0. The van der Waals surface area contributed by atoms with E-state index in [2.05, 4.69) is 0 Å². The van der Waals surface area contributed by atoms with Gasteiger partial charge in [-0.2, -0.15) is 13.2 Å². The van der Waals surface area contributed by atoms with Gasteiger partial charge in [0, 0.05) is 31.7 Å². The van der Waals surface area contributed by atoms with Gasteiger partial charge < -0.3 is 9.64 Å². The van der Waals surface area contributed by atoms with Crippen LogP contribution in [0.15, 0.2) is 48.5 Å². The summed E-state index contributed by atoms with van der Waals surface area (Å²) in [5.41, 5.74) is 0.953. The van der Waals surface area contributed by atoms with Crippen molar-refractivity contribution in [2.45, 2.75) is 50.5 Å². The van der Waals surface area contributed by atoms with Gasteiger partial charge in [-0.1, -0.05) is 49.7 Å². The highest BCUT2D eigenvalue weighted by molar-refractivity contribution is 5.94. The number of amides is 1. The van der Waals surface area contributed by atoms with E-state index in [4.69, 9.17) is 4.74 Å². The number of carbonyl (C=O) groups is 1. The van der Waals surface area contributed by atoms with Crippen LogP contribution in [0.1, 0.15) is 53.8 Å². The van der Waals surface area contributed by atoms with E-state index in [0.29, 0.717) is 43.5 Å². The standard InChI is InChI=1S/C26H30F4N2O2/c1-2-6-19-9-10-21(15-22(19)27)24(33)32-13-11-25(12-14-32)17-31(18-26(28,29)30)16-23(34-25)20-7-4-3-5-8-20/h3-5,7-10,15,23H,2,6,11-14,16-18H2,1H3. The lowest BCUT2D eigenvalue weighted by molar-refractivity contribution is -0.205. The molecule has 184 valence electrons. The van der Waals surface area contributed by atoms with E-state index in [9.17, 15) is 22.4 Å². The van der Waals surface area contributed by atoms with Crippen molar-refractivity contribution in [2.24, 2.45) is 0 Å². The van der Waals surface area contributed by atoms with Crippen LogP contribution in [0.3, 0.4) is 0 Å². The zero-order valence-corrected chi connectivity index (χ0v) is 19.3. The van der Waals surface area contributed by atoms with E-state index in [1.807, 2.05) is 37.3 Å². The van der Waals surface area contributed by atoms with Crippen molar-refractivity contribution < 1.29 is 27.1 Å². The molecule has 0 saturated carbocycles. The van der Waals surface area contributed by atoms with E-state index in [0.717, 1.165) is 12.0 Å². The Morgan fingerprint density at radius 3 is 2.44 bits per heavy atom. The Bertz CT molecular complexity index is 988. The Morgan fingerprint density at radius 2 is 1.82 bits per heavy atom. The highest BCUT2D eigenvalue weighted by atomic mass is 19.4. The van der Waals surface area contributed by atoms with Crippen LogP contribution in [0.4, 0.5) is 17.6 Å². The van der Waals surface area contributed by atoms with Crippen molar-refractivity contribution in [3.05, 3.63) is 71.0 Å².